The van der Waals surface area contributed by atoms with Crippen molar-refractivity contribution in [3.63, 3.8) is 0 Å². The van der Waals surface area contributed by atoms with E-state index in [0.29, 0.717) is 11.7 Å². The van der Waals surface area contributed by atoms with E-state index in [-0.39, 0.29) is 6.61 Å². The van der Waals surface area contributed by atoms with E-state index in [9.17, 15) is 0 Å². The van der Waals surface area contributed by atoms with Crippen molar-refractivity contribution in [1.29, 1.82) is 0 Å². The first-order valence-corrected chi connectivity index (χ1v) is 4.31. The van der Waals surface area contributed by atoms with Crippen LogP contribution in [0.25, 0.3) is 10.7 Å². The first-order valence-electron chi connectivity index (χ1n) is 3.43. The maximum absolute atomic E-state index is 4.85. The number of aromatic nitrogens is 3. The standard InChI is InChI=1S/C6H6N4O2S/c7-11-2-5-9-6(10-12-5)4-1-8-3-13-4/h1,3H,2,7H2. The van der Waals surface area contributed by atoms with Crippen LogP contribution < -0.4 is 5.90 Å². The monoisotopic (exact) mass is 198 g/mol. The van der Waals surface area contributed by atoms with Crippen molar-refractivity contribution in [2.75, 3.05) is 0 Å². The van der Waals surface area contributed by atoms with Gasteiger partial charge in [0.1, 0.15) is 6.61 Å². The molecule has 0 fully saturated rings. The second kappa shape index (κ2) is 3.60. The van der Waals surface area contributed by atoms with Gasteiger partial charge in [-0.05, 0) is 0 Å². The molecule has 0 amide bonds. The molecule has 0 saturated heterocycles. The van der Waals surface area contributed by atoms with Gasteiger partial charge in [0.15, 0.2) is 0 Å². The predicted molar refractivity (Wildman–Crippen MR) is 44.4 cm³/mol. The van der Waals surface area contributed by atoms with Crippen LogP contribution in [0.15, 0.2) is 16.2 Å². The van der Waals surface area contributed by atoms with Gasteiger partial charge < -0.3 is 4.52 Å². The minimum Gasteiger partial charge on any atom is -0.336 e. The lowest BCUT2D eigenvalue weighted by molar-refractivity contribution is 0.0996. The van der Waals surface area contributed by atoms with Crippen LogP contribution in [0.2, 0.25) is 0 Å². The highest BCUT2D eigenvalue weighted by Crippen LogP contribution is 2.19. The SMILES string of the molecule is NOCc1nc(-c2cncs2)no1. The Morgan fingerprint density at radius 2 is 2.54 bits per heavy atom. The molecule has 0 spiro atoms. The molecule has 2 aromatic heterocycles. The number of thiazole rings is 1. The number of rotatable bonds is 3. The molecule has 68 valence electrons. The Morgan fingerprint density at radius 3 is 3.23 bits per heavy atom. The minimum absolute atomic E-state index is 0.117. The highest BCUT2D eigenvalue weighted by molar-refractivity contribution is 7.13. The van der Waals surface area contributed by atoms with Crippen LogP contribution in [0.3, 0.4) is 0 Å². The Morgan fingerprint density at radius 1 is 1.62 bits per heavy atom. The van der Waals surface area contributed by atoms with Crippen LogP contribution in [0.5, 0.6) is 0 Å². The number of hydrogen-bond donors (Lipinski definition) is 1. The van der Waals surface area contributed by atoms with E-state index in [1.54, 1.807) is 11.7 Å². The second-order valence-electron chi connectivity index (χ2n) is 2.19. The third-order valence-corrected chi connectivity index (χ3v) is 2.10. The molecule has 13 heavy (non-hydrogen) atoms. The van der Waals surface area contributed by atoms with Crippen molar-refractivity contribution in [2.45, 2.75) is 6.61 Å². The van der Waals surface area contributed by atoms with E-state index in [4.69, 9.17) is 10.4 Å². The summed E-state index contributed by atoms with van der Waals surface area (Å²) in [6.07, 6.45) is 1.67. The van der Waals surface area contributed by atoms with Crippen molar-refractivity contribution < 1.29 is 9.36 Å². The lowest BCUT2D eigenvalue weighted by atomic mass is 10.5. The fraction of sp³-hybridized carbons (Fsp3) is 0.167. The molecule has 0 atom stereocenters. The predicted octanol–water partition coefficient (Wildman–Crippen LogP) is 0.583. The van der Waals surface area contributed by atoms with Gasteiger partial charge in [0.25, 0.3) is 5.89 Å². The number of hydrogen-bond acceptors (Lipinski definition) is 7. The van der Waals surface area contributed by atoms with Crippen LogP contribution in [-0.4, -0.2) is 15.1 Å². The van der Waals surface area contributed by atoms with E-state index in [1.165, 1.54) is 11.3 Å². The molecule has 0 aromatic carbocycles. The summed E-state index contributed by atoms with van der Waals surface area (Å²) in [6, 6.07) is 0. The number of nitrogens with zero attached hydrogens (tertiary/aromatic N) is 3. The van der Waals surface area contributed by atoms with E-state index >= 15 is 0 Å². The largest absolute Gasteiger partial charge is 0.336 e. The summed E-state index contributed by atoms with van der Waals surface area (Å²) >= 11 is 1.44. The molecule has 2 N–H and O–H groups in total. The van der Waals surface area contributed by atoms with Crippen LogP contribution >= 0.6 is 11.3 Å². The summed E-state index contributed by atoms with van der Waals surface area (Å²) in [5.74, 6) is 5.71. The average Bonchev–Trinajstić information content (AvgIpc) is 2.70. The summed E-state index contributed by atoms with van der Waals surface area (Å²) in [4.78, 5) is 13.1. The molecule has 6 nitrogen and oxygen atoms in total. The first kappa shape index (κ1) is 8.30. The summed E-state index contributed by atoms with van der Waals surface area (Å²) in [5, 5.41) is 3.73. The Labute approximate surface area is 77.3 Å². The van der Waals surface area contributed by atoms with Gasteiger partial charge in [0.05, 0.1) is 10.4 Å². The molecule has 0 unspecified atom stereocenters. The molecule has 0 aliphatic rings. The third kappa shape index (κ3) is 1.72. The molecular formula is C6H6N4O2S. The molecule has 0 aliphatic carbocycles. The molecule has 0 aliphatic heterocycles. The first-order chi connectivity index (χ1) is 6.40. The zero-order valence-corrected chi connectivity index (χ0v) is 7.32. The van der Waals surface area contributed by atoms with Crippen LogP contribution in [-0.2, 0) is 11.4 Å². The van der Waals surface area contributed by atoms with Gasteiger partial charge in [0.2, 0.25) is 5.82 Å². The quantitative estimate of drug-likeness (QED) is 0.726. The summed E-state index contributed by atoms with van der Waals surface area (Å²) in [6.45, 7) is 0.117. The molecule has 0 saturated carbocycles. The third-order valence-electron chi connectivity index (χ3n) is 1.33. The molecular weight excluding hydrogens is 192 g/mol. The Bertz CT molecular complexity index is 372. The van der Waals surface area contributed by atoms with Crippen molar-refractivity contribution in [3.05, 3.63) is 17.6 Å². The zero-order chi connectivity index (χ0) is 9.10. The Balaban J connectivity index is 2.23. The maximum atomic E-state index is 4.85. The van der Waals surface area contributed by atoms with Gasteiger partial charge in [-0.25, -0.2) is 5.90 Å². The van der Waals surface area contributed by atoms with Crippen molar-refractivity contribution in [3.8, 4) is 10.7 Å². The summed E-state index contributed by atoms with van der Waals surface area (Å²) in [5.41, 5.74) is 1.70. The number of nitrogens with two attached hydrogens (primary N) is 1. The minimum atomic E-state index is 0.117. The second-order valence-corrected chi connectivity index (χ2v) is 3.07. The fourth-order valence-electron chi connectivity index (χ4n) is 0.811. The maximum Gasteiger partial charge on any atom is 0.255 e. The highest BCUT2D eigenvalue weighted by atomic mass is 32.1. The van der Waals surface area contributed by atoms with Crippen molar-refractivity contribution >= 4 is 11.3 Å². The van der Waals surface area contributed by atoms with Gasteiger partial charge >= 0.3 is 0 Å². The molecule has 0 radical (unpaired) electrons. The van der Waals surface area contributed by atoms with Gasteiger partial charge in [0, 0.05) is 6.20 Å². The summed E-state index contributed by atoms with van der Waals surface area (Å²) in [7, 11) is 0. The van der Waals surface area contributed by atoms with E-state index in [0.717, 1.165) is 4.88 Å². The van der Waals surface area contributed by atoms with Crippen LogP contribution in [0.4, 0.5) is 0 Å². The van der Waals surface area contributed by atoms with Crippen molar-refractivity contribution in [2.24, 2.45) is 5.90 Å². The molecule has 0 bridgehead atoms. The van der Waals surface area contributed by atoms with Gasteiger partial charge in [-0.3, -0.25) is 9.82 Å². The Kier molecular flexibility index (Phi) is 2.30. The summed E-state index contributed by atoms with van der Waals surface area (Å²) < 4.78 is 4.84. The van der Waals surface area contributed by atoms with Gasteiger partial charge in [-0.1, -0.05) is 5.16 Å². The van der Waals surface area contributed by atoms with Crippen molar-refractivity contribution in [1.82, 2.24) is 15.1 Å². The van der Waals surface area contributed by atoms with Crippen LogP contribution in [0, 0.1) is 0 Å². The average molecular weight is 198 g/mol. The zero-order valence-electron chi connectivity index (χ0n) is 6.51. The fourth-order valence-corrected chi connectivity index (χ4v) is 1.36. The lowest BCUT2D eigenvalue weighted by Gasteiger charge is -1.85. The smallest absolute Gasteiger partial charge is 0.255 e. The topological polar surface area (TPSA) is 87.1 Å². The van der Waals surface area contributed by atoms with E-state index in [1.807, 2.05) is 0 Å². The Hall–Kier alpha value is -1.31. The molecule has 2 rings (SSSR count). The molecule has 2 aromatic rings. The van der Waals surface area contributed by atoms with Gasteiger partial charge in [-0.15, -0.1) is 11.3 Å². The van der Waals surface area contributed by atoms with Crippen LogP contribution in [0.1, 0.15) is 5.89 Å². The normalized spacial score (nSPS) is 10.5. The van der Waals surface area contributed by atoms with E-state index < -0.39 is 0 Å². The molecule has 2 heterocycles. The highest BCUT2D eigenvalue weighted by Gasteiger charge is 2.08. The lowest BCUT2D eigenvalue weighted by Crippen LogP contribution is -1.98. The van der Waals surface area contributed by atoms with Gasteiger partial charge in [-0.2, -0.15) is 4.98 Å². The van der Waals surface area contributed by atoms with E-state index in [2.05, 4.69) is 20.0 Å². The molecule has 7 heteroatoms.